The monoisotopic (exact) mass is 240 g/mol. The molecular formula is C12H16O5. The summed E-state index contributed by atoms with van der Waals surface area (Å²) in [7, 11) is 0. The molecule has 0 heterocycles. The van der Waals surface area contributed by atoms with Gasteiger partial charge in [-0.1, -0.05) is 12.1 Å². The highest BCUT2D eigenvalue weighted by molar-refractivity contribution is 5.59. The fourth-order valence-corrected chi connectivity index (χ4v) is 1.18. The van der Waals surface area contributed by atoms with Crippen LogP contribution >= 0.6 is 0 Å². The Hall–Kier alpha value is -1.75. The summed E-state index contributed by atoms with van der Waals surface area (Å²) in [5, 5.41) is 17.5. The molecule has 5 nitrogen and oxygen atoms in total. The van der Waals surface area contributed by atoms with Gasteiger partial charge in [0.25, 0.3) is 0 Å². The fraction of sp³-hybridized carbons (Fsp3) is 0.417. The van der Waals surface area contributed by atoms with Crippen LogP contribution in [0.25, 0.3) is 0 Å². The topological polar surface area (TPSA) is 76.0 Å². The molecular weight excluding hydrogens is 224 g/mol. The number of aromatic hydroxyl groups is 1. The number of hydrogen-bond acceptors (Lipinski definition) is 5. The van der Waals surface area contributed by atoms with Gasteiger partial charge in [0.15, 0.2) is 0 Å². The summed E-state index contributed by atoms with van der Waals surface area (Å²) in [6.07, 6.45) is 0.250. The van der Waals surface area contributed by atoms with Crippen LogP contribution < -0.4 is 0 Å². The van der Waals surface area contributed by atoms with E-state index in [-0.39, 0.29) is 25.6 Å². The predicted octanol–water partition coefficient (Wildman–Crippen LogP) is 1.47. The zero-order valence-corrected chi connectivity index (χ0v) is 9.46. The summed E-state index contributed by atoms with van der Waals surface area (Å²) in [6.45, 7) is 0.373. The Bertz CT molecular complexity index is 333. The van der Waals surface area contributed by atoms with Crippen molar-refractivity contribution in [3.8, 4) is 5.75 Å². The Labute approximate surface area is 99.6 Å². The first-order chi connectivity index (χ1) is 8.22. The molecule has 0 atom stereocenters. The Morgan fingerprint density at radius 1 is 1.12 bits per heavy atom. The number of phenols is 1. The predicted molar refractivity (Wildman–Crippen MR) is 60.8 cm³/mol. The number of phenolic OH excluding ortho intramolecular Hbond substituents is 1. The van der Waals surface area contributed by atoms with E-state index in [9.17, 15) is 4.79 Å². The maximum absolute atomic E-state index is 11.0. The van der Waals surface area contributed by atoms with Crippen LogP contribution in [0.4, 0.5) is 4.79 Å². The molecule has 0 radical (unpaired) electrons. The summed E-state index contributed by atoms with van der Waals surface area (Å²) >= 11 is 0. The van der Waals surface area contributed by atoms with Crippen molar-refractivity contribution >= 4 is 6.16 Å². The number of aliphatic hydroxyl groups excluding tert-OH is 1. The molecule has 5 heteroatoms. The molecule has 2 N–H and O–H groups in total. The van der Waals surface area contributed by atoms with Crippen LogP contribution in [0.3, 0.4) is 0 Å². The number of rotatable bonds is 6. The second-order valence-electron chi connectivity index (χ2n) is 3.44. The van der Waals surface area contributed by atoms with E-state index in [1.807, 2.05) is 0 Å². The average Bonchev–Trinajstić information content (AvgIpc) is 2.32. The minimum absolute atomic E-state index is 0.0131. The lowest BCUT2D eigenvalue weighted by Crippen LogP contribution is -2.11. The van der Waals surface area contributed by atoms with Gasteiger partial charge >= 0.3 is 6.16 Å². The lowest BCUT2D eigenvalue weighted by Gasteiger charge is -2.05. The third-order valence-corrected chi connectivity index (χ3v) is 2.07. The first-order valence-corrected chi connectivity index (χ1v) is 5.40. The van der Waals surface area contributed by atoms with Crippen LogP contribution in [0.15, 0.2) is 24.3 Å². The standard InChI is InChI=1S/C12H16O5/c13-7-1-8-16-12(15)17-9-6-10-2-4-11(14)5-3-10/h2-5,13-14H,1,6-9H2. The van der Waals surface area contributed by atoms with Gasteiger partial charge in [0, 0.05) is 19.4 Å². The molecule has 0 aliphatic carbocycles. The van der Waals surface area contributed by atoms with Crippen molar-refractivity contribution in [1.82, 2.24) is 0 Å². The molecule has 0 spiro atoms. The minimum atomic E-state index is -0.725. The van der Waals surface area contributed by atoms with Crippen molar-refractivity contribution in [3.63, 3.8) is 0 Å². The Balaban J connectivity index is 2.14. The van der Waals surface area contributed by atoms with Gasteiger partial charge in [0.1, 0.15) is 5.75 Å². The number of carbonyl (C=O) groups excluding carboxylic acids is 1. The SMILES string of the molecule is O=C(OCCCO)OCCc1ccc(O)cc1. The number of carbonyl (C=O) groups is 1. The molecule has 1 aromatic rings. The van der Waals surface area contributed by atoms with E-state index in [0.29, 0.717) is 12.8 Å². The van der Waals surface area contributed by atoms with E-state index in [1.54, 1.807) is 24.3 Å². The fourth-order valence-electron chi connectivity index (χ4n) is 1.18. The van der Waals surface area contributed by atoms with E-state index in [1.165, 1.54) is 0 Å². The lowest BCUT2D eigenvalue weighted by molar-refractivity contribution is 0.0521. The third kappa shape index (κ3) is 5.77. The second-order valence-corrected chi connectivity index (χ2v) is 3.44. The maximum Gasteiger partial charge on any atom is 0.508 e. The summed E-state index contributed by atoms with van der Waals surface area (Å²) < 4.78 is 9.50. The normalized spacial score (nSPS) is 9.94. The van der Waals surface area contributed by atoms with E-state index in [2.05, 4.69) is 4.74 Å². The van der Waals surface area contributed by atoms with Crippen molar-refractivity contribution in [3.05, 3.63) is 29.8 Å². The zero-order valence-electron chi connectivity index (χ0n) is 9.46. The van der Waals surface area contributed by atoms with Gasteiger partial charge in [-0.3, -0.25) is 0 Å². The van der Waals surface area contributed by atoms with Crippen molar-refractivity contribution in [1.29, 1.82) is 0 Å². The van der Waals surface area contributed by atoms with E-state index in [4.69, 9.17) is 14.9 Å². The molecule has 0 amide bonds. The highest BCUT2D eigenvalue weighted by Gasteiger charge is 2.03. The van der Waals surface area contributed by atoms with Crippen molar-refractivity contribution in [2.45, 2.75) is 12.8 Å². The van der Waals surface area contributed by atoms with E-state index in [0.717, 1.165) is 5.56 Å². The quantitative estimate of drug-likeness (QED) is 0.581. The summed E-state index contributed by atoms with van der Waals surface area (Å²) in [5.41, 5.74) is 0.964. The van der Waals surface area contributed by atoms with E-state index < -0.39 is 6.16 Å². The van der Waals surface area contributed by atoms with E-state index >= 15 is 0 Å². The van der Waals surface area contributed by atoms with Crippen molar-refractivity contribution in [2.24, 2.45) is 0 Å². The minimum Gasteiger partial charge on any atom is -0.508 e. The molecule has 0 saturated heterocycles. The lowest BCUT2D eigenvalue weighted by atomic mass is 10.1. The highest BCUT2D eigenvalue weighted by Crippen LogP contribution is 2.10. The summed E-state index contributed by atoms with van der Waals surface area (Å²) in [5.74, 6) is 0.207. The molecule has 0 saturated carbocycles. The van der Waals surface area contributed by atoms with Crippen LogP contribution in [0.5, 0.6) is 5.75 Å². The number of aliphatic hydroxyl groups is 1. The van der Waals surface area contributed by atoms with Crippen LogP contribution in [-0.4, -0.2) is 36.2 Å². The summed E-state index contributed by atoms with van der Waals surface area (Å²) in [6, 6.07) is 6.68. The van der Waals surface area contributed by atoms with Crippen LogP contribution in [0, 0.1) is 0 Å². The molecule has 17 heavy (non-hydrogen) atoms. The largest absolute Gasteiger partial charge is 0.508 e. The van der Waals surface area contributed by atoms with Crippen LogP contribution in [-0.2, 0) is 15.9 Å². The number of hydrogen-bond donors (Lipinski definition) is 2. The van der Waals surface area contributed by atoms with Gasteiger partial charge in [-0.25, -0.2) is 4.79 Å². The molecule has 0 aliphatic heterocycles. The van der Waals surface area contributed by atoms with Gasteiger partial charge in [-0.15, -0.1) is 0 Å². The summed E-state index contributed by atoms with van der Waals surface area (Å²) in [4.78, 5) is 11.0. The molecule has 94 valence electrons. The second kappa shape index (κ2) is 7.51. The molecule has 0 unspecified atom stereocenters. The number of ether oxygens (including phenoxy) is 2. The van der Waals surface area contributed by atoms with Gasteiger partial charge in [-0.05, 0) is 17.7 Å². The van der Waals surface area contributed by atoms with Gasteiger partial charge < -0.3 is 19.7 Å². The van der Waals surface area contributed by atoms with Gasteiger partial charge in [0.05, 0.1) is 13.2 Å². The maximum atomic E-state index is 11.0. The third-order valence-electron chi connectivity index (χ3n) is 2.07. The van der Waals surface area contributed by atoms with Crippen LogP contribution in [0.2, 0.25) is 0 Å². The molecule has 0 fully saturated rings. The first-order valence-electron chi connectivity index (χ1n) is 5.40. The molecule has 0 bridgehead atoms. The molecule has 1 rings (SSSR count). The molecule has 1 aromatic carbocycles. The molecule has 0 aromatic heterocycles. The zero-order chi connectivity index (χ0) is 12.5. The van der Waals surface area contributed by atoms with Crippen LogP contribution in [0.1, 0.15) is 12.0 Å². The highest BCUT2D eigenvalue weighted by atomic mass is 16.7. The number of benzene rings is 1. The Morgan fingerprint density at radius 2 is 1.76 bits per heavy atom. The average molecular weight is 240 g/mol. The van der Waals surface area contributed by atoms with Gasteiger partial charge in [-0.2, -0.15) is 0 Å². The smallest absolute Gasteiger partial charge is 0.508 e. The van der Waals surface area contributed by atoms with Crippen molar-refractivity contribution in [2.75, 3.05) is 19.8 Å². The molecule has 0 aliphatic rings. The Kier molecular flexibility index (Phi) is 5.88. The van der Waals surface area contributed by atoms with Gasteiger partial charge in [0.2, 0.25) is 0 Å². The Morgan fingerprint density at radius 3 is 2.41 bits per heavy atom. The first kappa shape index (κ1) is 13.3. The van der Waals surface area contributed by atoms with Crippen molar-refractivity contribution < 1.29 is 24.5 Å².